The van der Waals surface area contributed by atoms with Crippen molar-refractivity contribution in [2.75, 3.05) is 33.9 Å². The maximum Gasteiger partial charge on any atom is 0.0691 e. The fourth-order valence-electron chi connectivity index (χ4n) is 3.83. The topological polar surface area (TPSA) is 35.9 Å². The van der Waals surface area contributed by atoms with Crippen molar-refractivity contribution in [3.8, 4) is 0 Å². The monoisotopic (exact) mass is 304 g/mol. The second-order valence-corrected chi connectivity index (χ2v) is 7.19. The van der Waals surface area contributed by atoms with Gasteiger partial charge in [0.2, 0.25) is 0 Å². The molecule has 2 aliphatic rings. The molecule has 4 heteroatoms. The standard InChI is InChI=1S/C18H28N2O2/c1-19(2)9-8-18(21)10-16-13-22-14-17(11-18)20(16)12-15-6-4-3-5-7-15/h3-7,16-17,21H,8-14H2,1-2H3. The van der Waals surface area contributed by atoms with E-state index in [1.807, 2.05) is 0 Å². The highest BCUT2D eigenvalue weighted by molar-refractivity contribution is 5.15. The normalized spacial score (nSPS) is 32.4. The largest absolute Gasteiger partial charge is 0.390 e. The van der Waals surface area contributed by atoms with Crippen LogP contribution in [0.5, 0.6) is 0 Å². The Hall–Kier alpha value is -0.940. The fraction of sp³-hybridized carbons (Fsp3) is 0.667. The first-order valence-corrected chi connectivity index (χ1v) is 8.30. The third kappa shape index (κ3) is 3.69. The van der Waals surface area contributed by atoms with E-state index in [0.29, 0.717) is 12.1 Å². The van der Waals surface area contributed by atoms with Crippen LogP contribution in [-0.4, -0.2) is 66.4 Å². The third-order valence-corrected chi connectivity index (χ3v) is 5.02. The second kappa shape index (κ2) is 6.67. The van der Waals surface area contributed by atoms with Crippen molar-refractivity contribution in [2.45, 2.75) is 43.5 Å². The lowest BCUT2D eigenvalue weighted by atomic mass is 9.79. The van der Waals surface area contributed by atoms with Crippen molar-refractivity contribution >= 4 is 0 Å². The first-order valence-electron chi connectivity index (χ1n) is 8.30. The van der Waals surface area contributed by atoms with Crippen molar-refractivity contribution in [1.29, 1.82) is 0 Å². The smallest absolute Gasteiger partial charge is 0.0691 e. The Bertz CT molecular complexity index is 463. The molecule has 2 aliphatic heterocycles. The molecule has 0 spiro atoms. The van der Waals surface area contributed by atoms with Gasteiger partial charge in [0.15, 0.2) is 0 Å². The molecule has 122 valence electrons. The molecule has 4 nitrogen and oxygen atoms in total. The predicted octanol–water partition coefficient (Wildman–Crippen LogP) is 1.73. The van der Waals surface area contributed by atoms with Crippen molar-refractivity contribution < 1.29 is 9.84 Å². The van der Waals surface area contributed by atoms with Crippen LogP contribution in [-0.2, 0) is 11.3 Å². The summed E-state index contributed by atoms with van der Waals surface area (Å²) in [4.78, 5) is 4.70. The number of nitrogens with zero attached hydrogens (tertiary/aromatic N) is 2. The lowest BCUT2D eigenvalue weighted by molar-refractivity contribution is -0.149. The van der Waals surface area contributed by atoms with E-state index in [2.05, 4.69) is 54.2 Å². The van der Waals surface area contributed by atoms with E-state index in [0.717, 1.165) is 45.6 Å². The van der Waals surface area contributed by atoms with Crippen molar-refractivity contribution in [3.05, 3.63) is 35.9 Å². The summed E-state index contributed by atoms with van der Waals surface area (Å²) >= 11 is 0. The molecule has 0 radical (unpaired) electrons. The zero-order valence-corrected chi connectivity index (χ0v) is 13.7. The van der Waals surface area contributed by atoms with Gasteiger partial charge in [-0.05, 0) is 38.9 Å². The van der Waals surface area contributed by atoms with Gasteiger partial charge in [-0.25, -0.2) is 0 Å². The van der Waals surface area contributed by atoms with Gasteiger partial charge >= 0.3 is 0 Å². The Morgan fingerprint density at radius 3 is 2.41 bits per heavy atom. The Labute approximate surface area is 133 Å². The molecule has 0 saturated carbocycles. The highest BCUT2D eigenvalue weighted by atomic mass is 16.5. The van der Waals surface area contributed by atoms with Crippen molar-refractivity contribution in [2.24, 2.45) is 0 Å². The van der Waals surface area contributed by atoms with E-state index in [1.54, 1.807) is 0 Å². The summed E-state index contributed by atoms with van der Waals surface area (Å²) in [6.07, 6.45) is 2.50. The quantitative estimate of drug-likeness (QED) is 0.899. The van der Waals surface area contributed by atoms with Gasteiger partial charge in [0.25, 0.3) is 0 Å². The van der Waals surface area contributed by atoms with Gasteiger partial charge in [-0.15, -0.1) is 0 Å². The molecular weight excluding hydrogens is 276 g/mol. The van der Waals surface area contributed by atoms with Crippen LogP contribution in [0.15, 0.2) is 30.3 Å². The SMILES string of the molecule is CN(C)CCC1(O)CC2COCC(C1)N2Cc1ccccc1. The van der Waals surface area contributed by atoms with Crippen LogP contribution in [0.4, 0.5) is 0 Å². The van der Waals surface area contributed by atoms with Crippen LogP contribution in [0.3, 0.4) is 0 Å². The highest BCUT2D eigenvalue weighted by Crippen LogP contribution is 2.37. The first-order chi connectivity index (χ1) is 10.6. The number of hydrogen-bond donors (Lipinski definition) is 1. The summed E-state index contributed by atoms with van der Waals surface area (Å²) in [5.74, 6) is 0. The number of hydrogen-bond acceptors (Lipinski definition) is 4. The molecule has 1 N–H and O–H groups in total. The van der Waals surface area contributed by atoms with Crippen LogP contribution >= 0.6 is 0 Å². The average molecular weight is 304 g/mol. The second-order valence-electron chi connectivity index (χ2n) is 7.19. The first kappa shape index (κ1) is 15.9. The van der Waals surface area contributed by atoms with E-state index in [-0.39, 0.29) is 0 Å². The van der Waals surface area contributed by atoms with E-state index in [9.17, 15) is 5.11 Å². The zero-order chi connectivity index (χ0) is 15.6. The number of fused-ring (bicyclic) bond motifs is 2. The lowest BCUT2D eigenvalue weighted by Gasteiger charge is -2.52. The maximum atomic E-state index is 11.0. The molecular formula is C18H28N2O2. The number of morpholine rings is 1. The number of ether oxygens (including phenoxy) is 1. The predicted molar refractivity (Wildman–Crippen MR) is 87.7 cm³/mol. The van der Waals surface area contributed by atoms with Crippen molar-refractivity contribution in [3.63, 3.8) is 0 Å². The Balaban J connectivity index is 1.68. The molecule has 2 unspecified atom stereocenters. The van der Waals surface area contributed by atoms with Gasteiger partial charge in [0, 0.05) is 25.2 Å². The molecule has 1 aromatic rings. The fourth-order valence-corrected chi connectivity index (χ4v) is 3.83. The Morgan fingerprint density at radius 2 is 1.82 bits per heavy atom. The lowest BCUT2D eigenvalue weighted by Crippen LogP contribution is -2.61. The van der Waals surface area contributed by atoms with E-state index >= 15 is 0 Å². The molecule has 22 heavy (non-hydrogen) atoms. The van der Waals surface area contributed by atoms with Gasteiger partial charge < -0.3 is 14.7 Å². The van der Waals surface area contributed by atoms with Gasteiger partial charge in [-0.1, -0.05) is 30.3 Å². The summed E-state index contributed by atoms with van der Waals surface area (Å²) in [7, 11) is 4.13. The minimum absolute atomic E-state index is 0.333. The molecule has 3 rings (SSSR count). The van der Waals surface area contributed by atoms with Crippen LogP contribution < -0.4 is 0 Å². The molecule has 0 aliphatic carbocycles. The molecule has 0 amide bonds. The van der Waals surface area contributed by atoms with Gasteiger partial charge in [0.1, 0.15) is 0 Å². The molecule has 1 aromatic carbocycles. The Morgan fingerprint density at radius 1 is 1.18 bits per heavy atom. The van der Waals surface area contributed by atoms with E-state index in [4.69, 9.17) is 4.74 Å². The van der Waals surface area contributed by atoms with Gasteiger partial charge in [-0.2, -0.15) is 0 Å². The van der Waals surface area contributed by atoms with Crippen LogP contribution in [0.2, 0.25) is 0 Å². The summed E-state index contributed by atoms with van der Waals surface area (Å²) in [5, 5.41) is 11.0. The summed E-state index contributed by atoms with van der Waals surface area (Å²) in [6, 6.07) is 11.3. The van der Waals surface area contributed by atoms with Crippen LogP contribution in [0, 0.1) is 0 Å². The van der Waals surface area contributed by atoms with E-state index in [1.165, 1.54) is 5.56 Å². The van der Waals surface area contributed by atoms with E-state index < -0.39 is 5.60 Å². The molecule has 2 heterocycles. The molecule has 2 saturated heterocycles. The minimum Gasteiger partial charge on any atom is -0.390 e. The highest BCUT2D eigenvalue weighted by Gasteiger charge is 2.45. The maximum absolute atomic E-state index is 11.0. The summed E-state index contributed by atoms with van der Waals surface area (Å²) < 4.78 is 5.76. The molecule has 2 fully saturated rings. The zero-order valence-electron chi connectivity index (χ0n) is 13.7. The van der Waals surface area contributed by atoms with Gasteiger partial charge in [0.05, 0.1) is 18.8 Å². The molecule has 2 bridgehead atoms. The van der Waals surface area contributed by atoms with Crippen LogP contribution in [0.25, 0.3) is 0 Å². The minimum atomic E-state index is -0.531. The summed E-state index contributed by atoms with van der Waals surface area (Å²) in [6.45, 7) is 3.39. The van der Waals surface area contributed by atoms with Gasteiger partial charge in [-0.3, -0.25) is 4.90 Å². The third-order valence-electron chi connectivity index (χ3n) is 5.02. The van der Waals surface area contributed by atoms with Crippen LogP contribution in [0.1, 0.15) is 24.8 Å². The summed E-state index contributed by atoms with van der Waals surface area (Å²) in [5.41, 5.74) is 0.814. The Kier molecular flexibility index (Phi) is 4.83. The number of rotatable bonds is 5. The van der Waals surface area contributed by atoms with Crippen molar-refractivity contribution in [1.82, 2.24) is 9.80 Å². The molecule has 2 atom stereocenters. The average Bonchev–Trinajstić information content (AvgIpc) is 2.48. The number of benzene rings is 1. The molecule has 0 aromatic heterocycles. The number of piperidine rings is 1. The number of aliphatic hydroxyl groups is 1.